The van der Waals surface area contributed by atoms with Crippen molar-refractivity contribution in [2.24, 2.45) is 5.92 Å². The van der Waals surface area contributed by atoms with Crippen molar-refractivity contribution >= 4 is 57.0 Å². The number of aromatic amines is 1. The van der Waals surface area contributed by atoms with Crippen LogP contribution in [0.5, 0.6) is 5.75 Å². The number of aryl methyl sites for hydroxylation is 1. The van der Waals surface area contributed by atoms with Crippen LogP contribution in [-0.2, 0) is 12.8 Å². The van der Waals surface area contributed by atoms with Crippen LogP contribution < -0.4 is 5.56 Å². The number of aromatic hydroxyl groups is 1. The lowest BCUT2D eigenvalue weighted by molar-refractivity contribution is 0.475. The molecule has 3 aromatic rings. The van der Waals surface area contributed by atoms with Crippen molar-refractivity contribution in [3.8, 4) is 11.4 Å². The molecule has 0 spiro atoms. The van der Waals surface area contributed by atoms with Crippen molar-refractivity contribution in [1.29, 1.82) is 0 Å². The summed E-state index contributed by atoms with van der Waals surface area (Å²) in [4.78, 5) is 18.5. The first-order chi connectivity index (χ1) is 11.9. The summed E-state index contributed by atoms with van der Waals surface area (Å²) in [7, 11) is 0. The highest BCUT2D eigenvalue weighted by atomic mass is 35.5. The molecule has 0 aliphatic heterocycles. The van der Waals surface area contributed by atoms with E-state index in [0.717, 1.165) is 29.7 Å². The fraction of sp³-hybridized carbons (Fsp3) is 0.294. The Labute approximate surface area is 162 Å². The molecule has 25 heavy (non-hydrogen) atoms. The Hall–Kier alpha value is -1.34. The summed E-state index contributed by atoms with van der Waals surface area (Å²) < 4.78 is 1.67. The minimum absolute atomic E-state index is 0.0741. The Kier molecular flexibility index (Phi) is 4.19. The van der Waals surface area contributed by atoms with E-state index in [-0.39, 0.29) is 26.1 Å². The average Bonchev–Trinajstić information content (AvgIpc) is 2.89. The molecule has 0 amide bonds. The smallest absolute Gasteiger partial charge is 0.267 e. The fourth-order valence-corrected chi connectivity index (χ4v) is 5.57. The van der Waals surface area contributed by atoms with Crippen LogP contribution in [0.1, 0.15) is 23.8 Å². The van der Waals surface area contributed by atoms with Gasteiger partial charge in [-0.2, -0.15) is 0 Å². The molecule has 0 bridgehead atoms. The molecule has 2 N–H and O–H groups in total. The van der Waals surface area contributed by atoms with Gasteiger partial charge in [-0.1, -0.05) is 30.1 Å². The molecule has 1 atom stereocenters. The van der Waals surface area contributed by atoms with Crippen molar-refractivity contribution in [3.63, 3.8) is 0 Å². The largest absolute Gasteiger partial charge is 0.505 e. The standard InChI is InChI=1S/C17H14Cl2N2O2S2/c1-7-2-3-9-12(4-7)25-15-13(9)16(23)21(17(24)20-15)8-5-10(18)14(22)11(19)6-8/h5-7,22H,2-4H2,1H3,(H,20,24)/t7-/m1/s1. The third kappa shape index (κ3) is 2.72. The van der Waals surface area contributed by atoms with Crippen LogP contribution in [-0.4, -0.2) is 14.7 Å². The third-order valence-electron chi connectivity index (χ3n) is 4.61. The normalized spacial score (nSPS) is 17.0. The SMILES string of the molecule is C[C@@H]1CCc2c(sc3[nH]c(=S)n(-c4cc(Cl)c(O)c(Cl)c4)c(=O)c23)C1. The van der Waals surface area contributed by atoms with Crippen molar-refractivity contribution in [2.75, 3.05) is 0 Å². The van der Waals surface area contributed by atoms with Crippen molar-refractivity contribution in [2.45, 2.75) is 26.2 Å². The van der Waals surface area contributed by atoms with Crippen molar-refractivity contribution in [1.82, 2.24) is 9.55 Å². The summed E-state index contributed by atoms with van der Waals surface area (Å²) in [5, 5.41) is 10.6. The molecule has 0 unspecified atom stereocenters. The lowest BCUT2D eigenvalue weighted by Crippen LogP contribution is -2.21. The van der Waals surface area contributed by atoms with E-state index >= 15 is 0 Å². The summed E-state index contributed by atoms with van der Waals surface area (Å²) in [6, 6.07) is 2.97. The minimum Gasteiger partial charge on any atom is -0.505 e. The van der Waals surface area contributed by atoms with E-state index in [2.05, 4.69) is 11.9 Å². The third-order valence-corrected chi connectivity index (χ3v) is 6.64. The molecule has 8 heteroatoms. The molecule has 2 aromatic heterocycles. The molecule has 0 radical (unpaired) electrons. The Morgan fingerprint density at radius 2 is 2.04 bits per heavy atom. The minimum atomic E-state index is -0.210. The summed E-state index contributed by atoms with van der Waals surface area (Å²) in [5.74, 6) is 0.415. The Morgan fingerprint density at radius 1 is 1.36 bits per heavy atom. The Bertz CT molecular complexity index is 1110. The molecule has 0 saturated carbocycles. The second-order valence-electron chi connectivity index (χ2n) is 6.38. The monoisotopic (exact) mass is 412 g/mol. The first-order valence-electron chi connectivity index (χ1n) is 7.84. The van der Waals surface area contributed by atoms with E-state index in [1.165, 1.54) is 21.6 Å². The highest BCUT2D eigenvalue weighted by Crippen LogP contribution is 2.37. The highest BCUT2D eigenvalue weighted by Gasteiger charge is 2.23. The van der Waals surface area contributed by atoms with Gasteiger partial charge < -0.3 is 10.1 Å². The molecule has 0 fully saturated rings. The zero-order valence-electron chi connectivity index (χ0n) is 13.2. The maximum Gasteiger partial charge on any atom is 0.267 e. The Morgan fingerprint density at radius 3 is 2.72 bits per heavy atom. The second kappa shape index (κ2) is 6.13. The number of fused-ring (bicyclic) bond motifs is 3. The van der Waals surface area contributed by atoms with Crippen LogP contribution in [0.3, 0.4) is 0 Å². The van der Waals surface area contributed by atoms with E-state index in [9.17, 15) is 9.90 Å². The van der Waals surface area contributed by atoms with Gasteiger partial charge in [0.25, 0.3) is 5.56 Å². The quantitative estimate of drug-likeness (QED) is 0.536. The molecule has 1 aliphatic rings. The lowest BCUT2D eigenvalue weighted by atomic mass is 9.89. The van der Waals surface area contributed by atoms with Gasteiger partial charge in [-0.3, -0.25) is 9.36 Å². The van der Waals surface area contributed by atoms with Gasteiger partial charge in [0.1, 0.15) is 4.83 Å². The van der Waals surface area contributed by atoms with Gasteiger partial charge in [0.05, 0.1) is 21.1 Å². The lowest BCUT2D eigenvalue weighted by Gasteiger charge is -2.17. The maximum absolute atomic E-state index is 13.2. The second-order valence-corrected chi connectivity index (χ2v) is 8.69. The number of H-pyrrole nitrogens is 1. The average molecular weight is 413 g/mol. The fourth-order valence-electron chi connectivity index (χ4n) is 3.34. The highest BCUT2D eigenvalue weighted by molar-refractivity contribution is 7.71. The number of nitrogens with zero attached hydrogens (tertiary/aromatic N) is 1. The number of halogens is 2. The predicted molar refractivity (Wildman–Crippen MR) is 105 cm³/mol. The van der Waals surface area contributed by atoms with Crippen molar-refractivity contribution in [3.05, 3.63) is 47.7 Å². The first-order valence-corrected chi connectivity index (χ1v) is 9.83. The number of hydrogen-bond acceptors (Lipinski definition) is 4. The van der Waals surface area contributed by atoms with Gasteiger partial charge in [0.15, 0.2) is 10.5 Å². The number of phenolic OH excluding ortho intramolecular Hbond substituents is 1. The molecule has 130 valence electrons. The van der Waals surface area contributed by atoms with Gasteiger partial charge in [0.2, 0.25) is 0 Å². The van der Waals surface area contributed by atoms with Crippen LogP contribution >= 0.6 is 46.8 Å². The zero-order chi connectivity index (χ0) is 17.9. The van der Waals surface area contributed by atoms with Gasteiger partial charge >= 0.3 is 0 Å². The number of thiophene rings is 1. The topological polar surface area (TPSA) is 58.0 Å². The molecular formula is C17H14Cl2N2O2S2. The van der Waals surface area contributed by atoms with E-state index < -0.39 is 0 Å². The summed E-state index contributed by atoms with van der Waals surface area (Å²) in [6.45, 7) is 2.23. The molecule has 0 saturated heterocycles. The zero-order valence-corrected chi connectivity index (χ0v) is 16.4. The number of rotatable bonds is 1. The molecule has 1 aromatic carbocycles. The summed E-state index contributed by atoms with van der Waals surface area (Å²) in [5.41, 5.74) is 1.38. The van der Waals surface area contributed by atoms with Gasteiger partial charge in [0, 0.05) is 4.88 Å². The van der Waals surface area contributed by atoms with Crippen molar-refractivity contribution < 1.29 is 5.11 Å². The van der Waals surface area contributed by atoms with E-state index in [0.29, 0.717) is 17.0 Å². The van der Waals surface area contributed by atoms with E-state index in [4.69, 9.17) is 35.4 Å². The van der Waals surface area contributed by atoms with E-state index in [1.54, 1.807) is 11.3 Å². The number of phenols is 1. The van der Waals surface area contributed by atoms with E-state index in [1.807, 2.05) is 0 Å². The number of benzene rings is 1. The summed E-state index contributed by atoms with van der Waals surface area (Å²) >= 11 is 19.0. The van der Waals surface area contributed by atoms with Gasteiger partial charge in [-0.15, -0.1) is 11.3 Å². The predicted octanol–water partition coefficient (Wildman–Crippen LogP) is 5.25. The van der Waals surface area contributed by atoms with Crippen LogP contribution in [0.4, 0.5) is 0 Å². The molecule has 1 aliphatic carbocycles. The van der Waals surface area contributed by atoms with Gasteiger partial charge in [-0.05, 0) is 55.1 Å². The first kappa shape index (κ1) is 17.1. The molecule has 2 heterocycles. The Balaban J connectivity index is 2.03. The van der Waals surface area contributed by atoms with Crippen LogP contribution in [0, 0.1) is 10.7 Å². The van der Waals surface area contributed by atoms with Gasteiger partial charge in [-0.25, -0.2) is 0 Å². The van der Waals surface area contributed by atoms with Crippen LogP contribution in [0.2, 0.25) is 10.0 Å². The number of hydrogen-bond donors (Lipinski definition) is 2. The van der Waals surface area contributed by atoms with Crippen LogP contribution in [0.25, 0.3) is 15.9 Å². The number of aromatic nitrogens is 2. The van der Waals surface area contributed by atoms with Crippen LogP contribution in [0.15, 0.2) is 16.9 Å². The molecule has 4 nitrogen and oxygen atoms in total. The maximum atomic E-state index is 13.2. The molecule has 4 rings (SSSR count). The molecular weight excluding hydrogens is 399 g/mol. The summed E-state index contributed by atoms with van der Waals surface area (Å²) in [6.07, 6.45) is 2.96. The number of nitrogens with one attached hydrogen (secondary N) is 1.